The Morgan fingerprint density at radius 3 is 2.88 bits per heavy atom. The normalized spacial score (nSPS) is 10.7. The second-order valence-electron chi connectivity index (χ2n) is 3.74. The van der Waals surface area contributed by atoms with Crippen LogP contribution in [0.5, 0.6) is 0 Å². The molecule has 0 saturated carbocycles. The molecule has 0 aromatic carbocycles. The minimum Gasteiger partial charge on any atom is -0.330 e. The van der Waals surface area contributed by atoms with Crippen molar-refractivity contribution in [3.05, 3.63) is 40.7 Å². The van der Waals surface area contributed by atoms with E-state index in [1.807, 2.05) is 17.7 Å². The molecule has 0 saturated heterocycles. The lowest BCUT2D eigenvalue weighted by Gasteiger charge is -2.07. The van der Waals surface area contributed by atoms with Gasteiger partial charge < -0.3 is 5.73 Å². The maximum absolute atomic E-state index is 11.6. The highest BCUT2D eigenvalue weighted by atomic mass is 16.1. The molecule has 0 aliphatic heterocycles. The van der Waals surface area contributed by atoms with Gasteiger partial charge in [-0.15, -0.1) is 0 Å². The molecular formula is C11H15N5O. The lowest BCUT2D eigenvalue weighted by Crippen LogP contribution is -2.24. The molecule has 0 aliphatic carbocycles. The Bertz CT molecular complexity index is 557. The summed E-state index contributed by atoms with van der Waals surface area (Å²) in [6.07, 6.45) is 4.25. The summed E-state index contributed by atoms with van der Waals surface area (Å²) in [7, 11) is 0. The van der Waals surface area contributed by atoms with Crippen molar-refractivity contribution < 1.29 is 0 Å². The van der Waals surface area contributed by atoms with Gasteiger partial charge in [0.25, 0.3) is 5.56 Å². The monoisotopic (exact) mass is 233 g/mol. The SMILES string of the molecule is Cc1nccn1-c1ccc(=O)n(CCCN)n1. The molecule has 0 spiro atoms. The maximum Gasteiger partial charge on any atom is 0.266 e. The van der Waals surface area contributed by atoms with Crippen LogP contribution in [0.4, 0.5) is 0 Å². The molecule has 2 heterocycles. The van der Waals surface area contributed by atoms with Crippen molar-refractivity contribution >= 4 is 0 Å². The second kappa shape index (κ2) is 4.92. The van der Waals surface area contributed by atoms with Gasteiger partial charge in [-0.1, -0.05) is 0 Å². The maximum atomic E-state index is 11.6. The molecule has 2 N–H and O–H groups in total. The number of nitrogens with zero attached hydrogens (tertiary/aromatic N) is 4. The Labute approximate surface area is 98.7 Å². The Hall–Kier alpha value is -1.95. The van der Waals surface area contributed by atoms with Crippen molar-refractivity contribution in [3.63, 3.8) is 0 Å². The first kappa shape index (κ1) is 11.5. The van der Waals surface area contributed by atoms with Gasteiger partial charge in [0.2, 0.25) is 0 Å². The van der Waals surface area contributed by atoms with E-state index in [2.05, 4.69) is 10.1 Å². The predicted octanol–water partition coefficient (Wildman–Crippen LogP) is 0.0862. The number of nitrogens with two attached hydrogens (primary N) is 1. The second-order valence-corrected chi connectivity index (χ2v) is 3.74. The van der Waals surface area contributed by atoms with E-state index in [4.69, 9.17) is 5.73 Å². The summed E-state index contributed by atoms with van der Waals surface area (Å²) in [5.41, 5.74) is 5.31. The summed E-state index contributed by atoms with van der Waals surface area (Å²) in [6, 6.07) is 3.20. The Balaban J connectivity index is 2.37. The zero-order valence-corrected chi connectivity index (χ0v) is 9.71. The van der Waals surface area contributed by atoms with Crippen LogP contribution in [0, 0.1) is 6.92 Å². The highest BCUT2D eigenvalue weighted by Crippen LogP contribution is 2.04. The molecule has 17 heavy (non-hydrogen) atoms. The van der Waals surface area contributed by atoms with Gasteiger partial charge in [-0.05, 0) is 26.0 Å². The highest BCUT2D eigenvalue weighted by molar-refractivity contribution is 5.21. The van der Waals surface area contributed by atoms with E-state index in [1.165, 1.54) is 10.7 Å². The third-order valence-electron chi connectivity index (χ3n) is 2.50. The van der Waals surface area contributed by atoms with Gasteiger partial charge in [-0.3, -0.25) is 9.36 Å². The van der Waals surface area contributed by atoms with Gasteiger partial charge in [0, 0.05) is 25.0 Å². The summed E-state index contributed by atoms with van der Waals surface area (Å²) in [6.45, 7) is 2.97. The van der Waals surface area contributed by atoms with Crippen LogP contribution in [0.15, 0.2) is 29.3 Å². The zero-order chi connectivity index (χ0) is 12.3. The van der Waals surface area contributed by atoms with Crippen LogP contribution < -0.4 is 11.3 Å². The van der Waals surface area contributed by atoms with Crippen molar-refractivity contribution in [1.29, 1.82) is 0 Å². The average Bonchev–Trinajstić information content (AvgIpc) is 2.75. The molecule has 6 nitrogen and oxygen atoms in total. The van der Waals surface area contributed by atoms with Crippen molar-refractivity contribution in [2.45, 2.75) is 19.9 Å². The number of hydrogen-bond donors (Lipinski definition) is 1. The topological polar surface area (TPSA) is 78.7 Å². The predicted molar refractivity (Wildman–Crippen MR) is 64.0 cm³/mol. The first-order chi connectivity index (χ1) is 8.22. The third kappa shape index (κ3) is 2.42. The Morgan fingerprint density at radius 1 is 1.41 bits per heavy atom. The minimum atomic E-state index is -0.111. The van der Waals surface area contributed by atoms with E-state index in [0.29, 0.717) is 18.9 Å². The van der Waals surface area contributed by atoms with Gasteiger partial charge in [-0.2, -0.15) is 5.10 Å². The van der Waals surface area contributed by atoms with Crippen LogP contribution in [0.3, 0.4) is 0 Å². The average molecular weight is 233 g/mol. The molecule has 2 aromatic rings. The fourth-order valence-corrected chi connectivity index (χ4v) is 1.59. The molecule has 0 radical (unpaired) electrons. The van der Waals surface area contributed by atoms with Gasteiger partial charge in [0.05, 0.1) is 0 Å². The zero-order valence-electron chi connectivity index (χ0n) is 9.71. The first-order valence-corrected chi connectivity index (χ1v) is 5.51. The van der Waals surface area contributed by atoms with Crippen LogP contribution >= 0.6 is 0 Å². The van der Waals surface area contributed by atoms with Gasteiger partial charge >= 0.3 is 0 Å². The van der Waals surface area contributed by atoms with Gasteiger partial charge in [-0.25, -0.2) is 9.67 Å². The van der Waals surface area contributed by atoms with Crippen molar-refractivity contribution in [2.24, 2.45) is 5.73 Å². The van der Waals surface area contributed by atoms with Gasteiger partial charge in [0.15, 0.2) is 5.82 Å². The number of hydrogen-bond acceptors (Lipinski definition) is 4. The van der Waals surface area contributed by atoms with E-state index in [9.17, 15) is 4.79 Å². The largest absolute Gasteiger partial charge is 0.330 e. The van der Waals surface area contributed by atoms with Crippen LogP contribution in [0.25, 0.3) is 5.82 Å². The van der Waals surface area contributed by atoms with E-state index >= 15 is 0 Å². The van der Waals surface area contributed by atoms with Crippen LogP contribution in [-0.2, 0) is 6.54 Å². The van der Waals surface area contributed by atoms with E-state index < -0.39 is 0 Å². The smallest absolute Gasteiger partial charge is 0.266 e. The molecule has 6 heteroatoms. The lowest BCUT2D eigenvalue weighted by atomic mass is 10.4. The summed E-state index contributed by atoms with van der Waals surface area (Å²) >= 11 is 0. The van der Waals surface area contributed by atoms with Crippen molar-refractivity contribution in [2.75, 3.05) is 6.54 Å². The van der Waals surface area contributed by atoms with Crippen LogP contribution in [0.1, 0.15) is 12.2 Å². The van der Waals surface area contributed by atoms with E-state index in [0.717, 1.165) is 12.2 Å². The van der Waals surface area contributed by atoms with E-state index in [-0.39, 0.29) is 5.56 Å². The van der Waals surface area contributed by atoms with Crippen molar-refractivity contribution in [3.8, 4) is 5.82 Å². The number of aryl methyl sites for hydroxylation is 2. The van der Waals surface area contributed by atoms with Crippen molar-refractivity contribution in [1.82, 2.24) is 19.3 Å². The molecule has 0 unspecified atom stereocenters. The van der Waals surface area contributed by atoms with Gasteiger partial charge in [0.1, 0.15) is 5.82 Å². The molecule has 90 valence electrons. The highest BCUT2D eigenvalue weighted by Gasteiger charge is 2.04. The first-order valence-electron chi connectivity index (χ1n) is 5.51. The third-order valence-corrected chi connectivity index (χ3v) is 2.50. The van der Waals surface area contributed by atoms with E-state index in [1.54, 1.807) is 12.3 Å². The minimum absolute atomic E-state index is 0.111. The number of imidazole rings is 1. The fraction of sp³-hybridized carbons (Fsp3) is 0.364. The molecule has 0 atom stereocenters. The summed E-state index contributed by atoms with van der Waals surface area (Å²) < 4.78 is 3.26. The molecular weight excluding hydrogens is 218 g/mol. The summed E-state index contributed by atoms with van der Waals surface area (Å²) in [5.74, 6) is 1.53. The summed E-state index contributed by atoms with van der Waals surface area (Å²) in [5, 5.41) is 4.28. The molecule has 0 fully saturated rings. The lowest BCUT2D eigenvalue weighted by molar-refractivity contribution is 0.547. The quantitative estimate of drug-likeness (QED) is 0.811. The molecule has 0 aliphatic rings. The number of aromatic nitrogens is 4. The van der Waals surface area contributed by atoms with Crippen LogP contribution in [0.2, 0.25) is 0 Å². The fourth-order valence-electron chi connectivity index (χ4n) is 1.59. The number of rotatable bonds is 4. The standard InChI is InChI=1S/C11H15N5O/c1-9-13-6-8-15(9)10-3-4-11(17)16(14-10)7-2-5-12/h3-4,6,8H,2,5,7,12H2,1H3. The molecule has 0 bridgehead atoms. The molecule has 2 rings (SSSR count). The molecule has 0 amide bonds. The summed E-state index contributed by atoms with van der Waals surface area (Å²) in [4.78, 5) is 15.7. The molecule has 2 aromatic heterocycles. The Morgan fingerprint density at radius 2 is 2.24 bits per heavy atom. The Kier molecular flexibility index (Phi) is 3.34. The van der Waals surface area contributed by atoms with Crippen LogP contribution in [-0.4, -0.2) is 25.9 Å².